The molecule has 15 heavy (non-hydrogen) atoms. The van der Waals surface area contributed by atoms with Crippen LogP contribution in [0.4, 0.5) is 4.79 Å². The smallest absolute Gasteiger partial charge is 0.409 e. The van der Waals surface area contributed by atoms with Gasteiger partial charge in [-0.05, 0) is 20.8 Å². The van der Waals surface area contributed by atoms with Crippen molar-refractivity contribution in [2.45, 2.75) is 26.4 Å². The van der Waals surface area contributed by atoms with Crippen molar-refractivity contribution in [3.8, 4) is 0 Å². The van der Waals surface area contributed by atoms with E-state index >= 15 is 0 Å². The standard InChI is InChI=1S/C9H20N2O4/c1-9(2,3)15-8(12)11-7-14-5-4-13-6-10/h4-7,10H2,1-3H3,(H,11,12). The maximum Gasteiger partial charge on any atom is 0.409 e. The Hall–Kier alpha value is -0.850. The van der Waals surface area contributed by atoms with Gasteiger partial charge in [0.25, 0.3) is 0 Å². The summed E-state index contributed by atoms with van der Waals surface area (Å²) < 4.78 is 14.8. The molecule has 0 heterocycles. The summed E-state index contributed by atoms with van der Waals surface area (Å²) in [7, 11) is 0. The van der Waals surface area contributed by atoms with Crippen LogP contribution in [-0.2, 0) is 14.2 Å². The Morgan fingerprint density at radius 1 is 1.27 bits per heavy atom. The Kier molecular flexibility index (Phi) is 7.02. The molecule has 0 aromatic rings. The number of carbonyl (C=O) groups is 1. The van der Waals surface area contributed by atoms with E-state index in [1.165, 1.54) is 0 Å². The lowest BCUT2D eigenvalue weighted by molar-refractivity contribution is 0.0237. The second-order valence-corrected chi connectivity index (χ2v) is 3.81. The van der Waals surface area contributed by atoms with Gasteiger partial charge in [0.2, 0.25) is 0 Å². The summed E-state index contributed by atoms with van der Waals surface area (Å²) in [5, 5.41) is 2.45. The number of hydrogen-bond donors (Lipinski definition) is 2. The van der Waals surface area contributed by atoms with Crippen LogP contribution in [0.2, 0.25) is 0 Å². The van der Waals surface area contributed by atoms with E-state index in [9.17, 15) is 4.79 Å². The molecule has 0 rings (SSSR count). The van der Waals surface area contributed by atoms with Gasteiger partial charge in [-0.25, -0.2) is 4.79 Å². The third kappa shape index (κ3) is 11.1. The minimum Gasteiger partial charge on any atom is -0.444 e. The maximum atomic E-state index is 11.1. The van der Waals surface area contributed by atoms with E-state index in [0.29, 0.717) is 13.2 Å². The first kappa shape index (κ1) is 14.2. The van der Waals surface area contributed by atoms with E-state index in [1.54, 1.807) is 20.8 Å². The van der Waals surface area contributed by atoms with Gasteiger partial charge >= 0.3 is 6.09 Å². The fraction of sp³-hybridized carbons (Fsp3) is 0.889. The normalized spacial score (nSPS) is 11.2. The fourth-order valence-electron chi connectivity index (χ4n) is 0.697. The number of nitrogens with two attached hydrogens (primary N) is 1. The van der Waals surface area contributed by atoms with Crippen molar-refractivity contribution >= 4 is 6.09 Å². The molecular formula is C9H20N2O4. The molecule has 0 aromatic carbocycles. The van der Waals surface area contributed by atoms with Crippen molar-refractivity contribution in [2.75, 3.05) is 26.7 Å². The van der Waals surface area contributed by atoms with Crippen molar-refractivity contribution in [3.63, 3.8) is 0 Å². The van der Waals surface area contributed by atoms with Crippen molar-refractivity contribution < 1.29 is 19.0 Å². The zero-order valence-electron chi connectivity index (χ0n) is 9.54. The van der Waals surface area contributed by atoms with E-state index < -0.39 is 11.7 Å². The van der Waals surface area contributed by atoms with Gasteiger partial charge in [-0.3, -0.25) is 5.32 Å². The summed E-state index contributed by atoms with van der Waals surface area (Å²) in [6.07, 6.45) is -0.498. The van der Waals surface area contributed by atoms with Crippen molar-refractivity contribution in [1.29, 1.82) is 0 Å². The Bertz CT molecular complexity index is 179. The Morgan fingerprint density at radius 3 is 2.40 bits per heavy atom. The van der Waals surface area contributed by atoms with Crippen LogP contribution in [0.25, 0.3) is 0 Å². The zero-order valence-corrected chi connectivity index (χ0v) is 9.54. The van der Waals surface area contributed by atoms with E-state index in [0.717, 1.165) is 0 Å². The highest BCUT2D eigenvalue weighted by Crippen LogP contribution is 2.05. The van der Waals surface area contributed by atoms with Gasteiger partial charge < -0.3 is 19.9 Å². The molecule has 0 fully saturated rings. The van der Waals surface area contributed by atoms with E-state index in [2.05, 4.69) is 5.32 Å². The summed E-state index contributed by atoms with van der Waals surface area (Å²) in [4.78, 5) is 11.1. The van der Waals surface area contributed by atoms with Crippen LogP contribution in [0.15, 0.2) is 0 Å². The summed E-state index contributed by atoms with van der Waals surface area (Å²) in [5.74, 6) is 0. The Labute approximate surface area is 90.1 Å². The van der Waals surface area contributed by atoms with Crippen LogP contribution in [0.5, 0.6) is 0 Å². The number of rotatable bonds is 6. The Morgan fingerprint density at radius 2 is 1.87 bits per heavy atom. The van der Waals surface area contributed by atoms with Crippen molar-refractivity contribution in [2.24, 2.45) is 5.73 Å². The van der Waals surface area contributed by atoms with Crippen LogP contribution in [0, 0.1) is 0 Å². The first-order chi connectivity index (χ1) is 6.95. The quantitative estimate of drug-likeness (QED) is 0.500. The second kappa shape index (κ2) is 7.44. The van der Waals surface area contributed by atoms with Gasteiger partial charge in [0, 0.05) is 0 Å². The molecule has 3 N–H and O–H groups in total. The maximum absolute atomic E-state index is 11.1. The lowest BCUT2D eigenvalue weighted by Gasteiger charge is -2.19. The van der Waals surface area contributed by atoms with E-state index in [1.807, 2.05) is 0 Å². The minimum absolute atomic E-state index is 0.100. The molecule has 0 unspecified atom stereocenters. The molecule has 0 atom stereocenters. The van der Waals surface area contributed by atoms with Crippen molar-refractivity contribution in [3.05, 3.63) is 0 Å². The number of nitrogens with one attached hydrogen (secondary N) is 1. The molecule has 0 aliphatic rings. The summed E-state index contributed by atoms with van der Waals surface area (Å²) in [6.45, 7) is 6.44. The molecular weight excluding hydrogens is 200 g/mol. The molecule has 0 aromatic heterocycles. The molecule has 0 saturated heterocycles. The molecule has 0 bridgehead atoms. The Balaban J connectivity index is 3.32. The van der Waals surface area contributed by atoms with Crippen LogP contribution in [0.1, 0.15) is 20.8 Å². The highest BCUT2D eigenvalue weighted by molar-refractivity contribution is 5.67. The summed E-state index contributed by atoms with van der Waals surface area (Å²) >= 11 is 0. The predicted molar refractivity (Wildman–Crippen MR) is 55.2 cm³/mol. The number of carbonyl (C=O) groups excluding carboxylic acids is 1. The number of alkyl carbamates (subject to hydrolysis) is 1. The minimum atomic E-state index is -0.498. The van der Waals surface area contributed by atoms with Crippen LogP contribution >= 0.6 is 0 Å². The predicted octanol–water partition coefficient (Wildman–Crippen LogP) is 0.418. The van der Waals surface area contributed by atoms with Crippen LogP contribution < -0.4 is 11.1 Å². The third-order valence-corrected chi connectivity index (χ3v) is 1.21. The largest absolute Gasteiger partial charge is 0.444 e. The van der Waals surface area contributed by atoms with Gasteiger partial charge in [-0.15, -0.1) is 0 Å². The number of ether oxygens (including phenoxy) is 3. The van der Waals surface area contributed by atoms with E-state index in [-0.39, 0.29) is 13.5 Å². The first-order valence-electron chi connectivity index (χ1n) is 4.78. The van der Waals surface area contributed by atoms with Gasteiger partial charge in [0.05, 0.1) is 19.9 Å². The SMILES string of the molecule is CC(C)(C)OC(=O)NCOCCOCN. The van der Waals surface area contributed by atoms with Gasteiger partial charge in [0.15, 0.2) is 0 Å². The molecule has 6 heteroatoms. The third-order valence-electron chi connectivity index (χ3n) is 1.21. The van der Waals surface area contributed by atoms with Gasteiger partial charge in [-0.1, -0.05) is 0 Å². The van der Waals surface area contributed by atoms with Crippen molar-refractivity contribution in [1.82, 2.24) is 5.32 Å². The zero-order chi connectivity index (χ0) is 11.7. The molecule has 0 aliphatic carbocycles. The average molecular weight is 220 g/mol. The van der Waals surface area contributed by atoms with Crippen LogP contribution in [0.3, 0.4) is 0 Å². The monoisotopic (exact) mass is 220 g/mol. The second-order valence-electron chi connectivity index (χ2n) is 3.81. The van der Waals surface area contributed by atoms with E-state index in [4.69, 9.17) is 19.9 Å². The van der Waals surface area contributed by atoms with Crippen LogP contribution in [-0.4, -0.2) is 38.4 Å². The summed E-state index contributed by atoms with van der Waals surface area (Å²) in [5.41, 5.74) is 4.60. The lowest BCUT2D eigenvalue weighted by atomic mass is 10.2. The molecule has 0 radical (unpaired) electrons. The number of amides is 1. The molecule has 0 aliphatic heterocycles. The lowest BCUT2D eigenvalue weighted by Crippen LogP contribution is -2.34. The van der Waals surface area contributed by atoms with Gasteiger partial charge in [-0.2, -0.15) is 0 Å². The first-order valence-corrected chi connectivity index (χ1v) is 4.78. The fourth-order valence-corrected chi connectivity index (χ4v) is 0.697. The molecule has 90 valence electrons. The highest BCUT2D eigenvalue weighted by Gasteiger charge is 2.15. The average Bonchev–Trinajstić information content (AvgIpc) is 2.08. The summed E-state index contributed by atoms with van der Waals surface area (Å²) in [6, 6.07) is 0. The highest BCUT2D eigenvalue weighted by atomic mass is 16.6. The number of hydrogen-bond acceptors (Lipinski definition) is 5. The molecule has 0 saturated carbocycles. The topological polar surface area (TPSA) is 82.8 Å². The molecule has 6 nitrogen and oxygen atoms in total. The molecule has 1 amide bonds. The van der Waals surface area contributed by atoms with Gasteiger partial charge in [0.1, 0.15) is 12.3 Å². The molecule has 0 spiro atoms.